The average Bonchev–Trinajstić information content (AvgIpc) is 3.29. The zero-order valence-electron chi connectivity index (χ0n) is 19.9. The summed E-state index contributed by atoms with van der Waals surface area (Å²) >= 11 is 0. The maximum Gasteiger partial charge on any atom is 0.243 e. The van der Waals surface area contributed by atoms with Gasteiger partial charge < -0.3 is 4.90 Å². The lowest BCUT2D eigenvalue weighted by molar-refractivity contribution is -0.154. The number of aromatic nitrogens is 2. The van der Waals surface area contributed by atoms with Crippen molar-refractivity contribution in [3.63, 3.8) is 0 Å². The van der Waals surface area contributed by atoms with Gasteiger partial charge in [0, 0.05) is 25.2 Å². The molecular weight excluding hydrogens is 429 g/mol. The molecule has 1 aliphatic heterocycles. The first-order valence-electron chi connectivity index (χ1n) is 11.7. The zero-order valence-corrected chi connectivity index (χ0v) is 19.9. The van der Waals surface area contributed by atoms with E-state index in [1.165, 1.54) is 0 Å². The Hall–Kier alpha value is -2.53. The molecule has 3 rings (SSSR count). The lowest BCUT2D eigenvalue weighted by atomic mass is 9.92. The fourth-order valence-electron chi connectivity index (χ4n) is 4.82. The minimum Gasteiger partial charge on any atom is -0.351 e. The van der Waals surface area contributed by atoms with Gasteiger partial charge in [-0.1, -0.05) is 25.7 Å². The first kappa shape index (κ1) is 25.1. The molecule has 0 aromatic carbocycles. The first-order chi connectivity index (χ1) is 15.7. The fourth-order valence-corrected chi connectivity index (χ4v) is 4.82. The molecule has 0 radical (unpaired) electrons. The molecule has 1 saturated carbocycles. The number of amides is 2. The number of piperazine rings is 1. The SMILES string of the molecule is Cc1nc(NNC(=O)C(CC2CCCC2)CN(O)C=O)c(F)c(N2CC(C)N(C)C(C)C2)n1. The summed E-state index contributed by atoms with van der Waals surface area (Å²) in [5.41, 5.74) is 5.14. The van der Waals surface area contributed by atoms with Crippen LogP contribution in [0.2, 0.25) is 0 Å². The van der Waals surface area contributed by atoms with Crippen LogP contribution in [0, 0.1) is 24.6 Å². The molecule has 2 fully saturated rings. The second-order valence-electron chi connectivity index (χ2n) is 9.45. The molecule has 3 unspecified atom stereocenters. The number of likely N-dealkylation sites (N-methyl/N-ethyl adjacent to an activating group) is 1. The molecule has 1 aromatic heterocycles. The number of hydrogen-bond acceptors (Lipinski definition) is 8. The summed E-state index contributed by atoms with van der Waals surface area (Å²) in [6.07, 6.45) is 5.10. The Bertz CT molecular complexity index is 824. The summed E-state index contributed by atoms with van der Waals surface area (Å²) in [7, 11) is 2.05. The number of nitrogens with zero attached hydrogens (tertiary/aromatic N) is 5. The van der Waals surface area contributed by atoms with Gasteiger partial charge in [0.2, 0.25) is 18.1 Å². The minimum absolute atomic E-state index is 0.110. The van der Waals surface area contributed by atoms with Gasteiger partial charge in [-0.3, -0.25) is 30.5 Å². The Labute approximate surface area is 194 Å². The normalized spacial score (nSPS) is 22.8. The van der Waals surface area contributed by atoms with Gasteiger partial charge in [-0.05, 0) is 40.2 Å². The highest BCUT2D eigenvalue weighted by molar-refractivity contribution is 5.80. The van der Waals surface area contributed by atoms with Crippen LogP contribution in [-0.2, 0) is 9.59 Å². The Morgan fingerprint density at radius 3 is 2.52 bits per heavy atom. The topological polar surface area (TPSA) is 114 Å². The van der Waals surface area contributed by atoms with Crippen molar-refractivity contribution in [3.05, 3.63) is 11.6 Å². The fraction of sp³-hybridized carbons (Fsp3) is 0.727. The summed E-state index contributed by atoms with van der Waals surface area (Å²) in [5, 5.41) is 10.1. The maximum absolute atomic E-state index is 15.3. The largest absolute Gasteiger partial charge is 0.351 e. The molecule has 1 aliphatic carbocycles. The lowest BCUT2D eigenvalue weighted by Gasteiger charge is -2.43. The van der Waals surface area contributed by atoms with Crippen molar-refractivity contribution in [3.8, 4) is 0 Å². The summed E-state index contributed by atoms with van der Waals surface area (Å²) < 4.78 is 15.3. The average molecular weight is 466 g/mol. The third-order valence-corrected chi connectivity index (χ3v) is 6.90. The van der Waals surface area contributed by atoms with E-state index in [4.69, 9.17) is 0 Å². The molecule has 0 spiro atoms. The van der Waals surface area contributed by atoms with Crippen molar-refractivity contribution in [2.24, 2.45) is 11.8 Å². The molecule has 2 amide bonds. The summed E-state index contributed by atoms with van der Waals surface area (Å²) in [5.74, 6) is -0.840. The van der Waals surface area contributed by atoms with Crippen LogP contribution in [0.4, 0.5) is 16.0 Å². The van der Waals surface area contributed by atoms with Gasteiger partial charge >= 0.3 is 0 Å². The van der Waals surface area contributed by atoms with E-state index < -0.39 is 17.6 Å². The van der Waals surface area contributed by atoms with E-state index in [0.29, 0.717) is 36.3 Å². The number of hydrogen-bond donors (Lipinski definition) is 3. The quantitative estimate of drug-likeness (QED) is 0.288. The van der Waals surface area contributed by atoms with Crippen molar-refractivity contribution in [2.45, 2.75) is 65.0 Å². The molecule has 10 nitrogen and oxygen atoms in total. The standard InChI is InChI=1S/C22H36FN7O3/c1-14-10-29(11-15(2)28(14)4)21-19(23)20(24-16(3)25-21)26-27-22(32)18(12-30(33)13-31)9-17-7-5-6-8-17/h13-15,17-18,33H,5-12H2,1-4H3,(H,27,32)(H,24,25,26). The van der Waals surface area contributed by atoms with E-state index in [9.17, 15) is 14.8 Å². The van der Waals surface area contributed by atoms with Gasteiger partial charge in [0.05, 0.1) is 12.5 Å². The highest BCUT2D eigenvalue weighted by Crippen LogP contribution is 2.31. The van der Waals surface area contributed by atoms with E-state index in [0.717, 1.165) is 25.7 Å². The Balaban J connectivity index is 1.71. The van der Waals surface area contributed by atoms with E-state index in [1.807, 2.05) is 4.90 Å². The smallest absolute Gasteiger partial charge is 0.243 e. The number of hydroxylamine groups is 2. The van der Waals surface area contributed by atoms with Crippen LogP contribution >= 0.6 is 0 Å². The number of aryl methyl sites for hydroxylation is 1. The predicted octanol–water partition coefficient (Wildman–Crippen LogP) is 1.94. The molecular formula is C22H36FN7O3. The summed E-state index contributed by atoms with van der Waals surface area (Å²) in [6, 6.07) is 0.463. The van der Waals surface area contributed by atoms with Crippen LogP contribution in [0.3, 0.4) is 0 Å². The van der Waals surface area contributed by atoms with Crippen molar-refractivity contribution >= 4 is 24.0 Å². The Kier molecular flexibility index (Phi) is 8.41. The maximum atomic E-state index is 15.3. The van der Waals surface area contributed by atoms with Gasteiger partial charge in [-0.2, -0.15) is 4.39 Å². The van der Waals surface area contributed by atoms with E-state index >= 15 is 4.39 Å². The molecule has 33 heavy (non-hydrogen) atoms. The van der Waals surface area contributed by atoms with E-state index in [1.54, 1.807) is 6.92 Å². The number of carbonyl (C=O) groups is 2. The van der Waals surface area contributed by atoms with Crippen LogP contribution in [0.5, 0.6) is 0 Å². The van der Waals surface area contributed by atoms with Gasteiger partial charge in [0.15, 0.2) is 11.6 Å². The second kappa shape index (κ2) is 11.1. The molecule has 2 aliphatic rings. The molecule has 1 saturated heterocycles. The monoisotopic (exact) mass is 465 g/mol. The van der Waals surface area contributed by atoms with Crippen molar-refractivity contribution in [1.29, 1.82) is 0 Å². The molecule has 11 heteroatoms. The highest BCUT2D eigenvalue weighted by atomic mass is 19.1. The Morgan fingerprint density at radius 1 is 1.27 bits per heavy atom. The number of carbonyl (C=O) groups excluding carboxylic acids is 2. The van der Waals surface area contributed by atoms with Gasteiger partial charge in [0.25, 0.3) is 0 Å². The molecule has 2 heterocycles. The summed E-state index contributed by atoms with van der Waals surface area (Å²) in [4.78, 5) is 36.3. The lowest BCUT2D eigenvalue weighted by Crippen LogP contribution is -2.55. The molecule has 184 valence electrons. The van der Waals surface area contributed by atoms with Crippen molar-refractivity contribution in [2.75, 3.05) is 37.0 Å². The van der Waals surface area contributed by atoms with Crippen LogP contribution < -0.4 is 15.8 Å². The van der Waals surface area contributed by atoms with Gasteiger partial charge in [-0.15, -0.1) is 0 Å². The third kappa shape index (κ3) is 6.29. The van der Waals surface area contributed by atoms with Crippen molar-refractivity contribution in [1.82, 2.24) is 25.4 Å². The third-order valence-electron chi connectivity index (χ3n) is 6.90. The molecule has 0 bridgehead atoms. The Morgan fingerprint density at radius 2 is 1.91 bits per heavy atom. The second-order valence-corrected chi connectivity index (χ2v) is 9.45. The molecule has 1 aromatic rings. The van der Waals surface area contributed by atoms with Crippen LogP contribution in [0.25, 0.3) is 0 Å². The highest BCUT2D eigenvalue weighted by Gasteiger charge is 2.31. The summed E-state index contributed by atoms with van der Waals surface area (Å²) in [6.45, 7) is 6.98. The molecule has 3 atom stereocenters. The zero-order chi connectivity index (χ0) is 24.1. The van der Waals surface area contributed by atoms with Gasteiger partial charge in [-0.25, -0.2) is 15.0 Å². The number of halogens is 1. The first-order valence-corrected chi connectivity index (χ1v) is 11.7. The number of nitrogens with one attached hydrogen (secondary N) is 2. The van der Waals surface area contributed by atoms with E-state index in [-0.39, 0.29) is 36.7 Å². The van der Waals surface area contributed by atoms with Crippen molar-refractivity contribution < 1.29 is 19.2 Å². The van der Waals surface area contributed by atoms with E-state index in [2.05, 4.69) is 46.6 Å². The number of hydrazine groups is 1. The minimum atomic E-state index is -0.631. The predicted molar refractivity (Wildman–Crippen MR) is 122 cm³/mol. The number of rotatable bonds is 9. The van der Waals surface area contributed by atoms with Crippen LogP contribution in [-0.4, -0.2) is 76.2 Å². The number of anilines is 2. The van der Waals surface area contributed by atoms with Crippen LogP contribution in [0.15, 0.2) is 0 Å². The molecule has 3 N–H and O–H groups in total. The van der Waals surface area contributed by atoms with Crippen LogP contribution in [0.1, 0.15) is 51.8 Å². The van der Waals surface area contributed by atoms with Gasteiger partial charge in [0.1, 0.15) is 5.82 Å².